The fraction of sp³-hybridized carbons (Fsp3) is 0.292. The summed E-state index contributed by atoms with van der Waals surface area (Å²) >= 11 is 0. The molecule has 1 N–H and O–H groups in total. The maximum atomic E-state index is 13.0. The van der Waals surface area contributed by atoms with E-state index >= 15 is 0 Å². The predicted octanol–water partition coefficient (Wildman–Crippen LogP) is 3.58. The van der Waals surface area contributed by atoms with E-state index in [4.69, 9.17) is 9.47 Å². The van der Waals surface area contributed by atoms with Gasteiger partial charge in [0.2, 0.25) is 0 Å². The molecule has 1 amide bonds. The first-order valence-electron chi connectivity index (χ1n) is 10.2. The largest absolute Gasteiger partial charge is 0.496 e. The Labute approximate surface area is 181 Å². The molecule has 1 aromatic heterocycles. The van der Waals surface area contributed by atoms with Crippen molar-refractivity contribution in [2.45, 2.75) is 12.8 Å². The molecule has 0 radical (unpaired) electrons. The van der Waals surface area contributed by atoms with Gasteiger partial charge in [0.25, 0.3) is 5.91 Å². The third kappa shape index (κ3) is 4.45. The zero-order valence-corrected chi connectivity index (χ0v) is 17.6. The summed E-state index contributed by atoms with van der Waals surface area (Å²) in [5.74, 6) is 0.710. The molecule has 0 spiro atoms. The number of rotatable bonds is 6. The summed E-state index contributed by atoms with van der Waals surface area (Å²) in [5, 5.41) is 6.88. The average Bonchev–Trinajstić information content (AvgIpc) is 3.51. The molecule has 4 rings (SSSR count). The molecule has 31 heavy (non-hydrogen) atoms. The third-order valence-corrected chi connectivity index (χ3v) is 5.73. The summed E-state index contributed by atoms with van der Waals surface area (Å²) in [4.78, 5) is 26.7. The minimum absolute atomic E-state index is 0.0361. The molecule has 1 saturated heterocycles. The number of methoxy groups -OCH3 is 2. The van der Waals surface area contributed by atoms with E-state index in [0.29, 0.717) is 30.1 Å². The van der Waals surface area contributed by atoms with Crippen LogP contribution in [0.25, 0.3) is 11.3 Å². The quantitative estimate of drug-likeness (QED) is 0.618. The van der Waals surface area contributed by atoms with Crippen LogP contribution in [0.15, 0.2) is 54.7 Å². The summed E-state index contributed by atoms with van der Waals surface area (Å²) in [6.07, 6.45) is 3.34. The number of H-pyrrole nitrogens is 1. The molecule has 1 fully saturated rings. The molecule has 1 atom stereocenters. The van der Waals surface area contributed by atoms with Crippen molar-refractivity contribution in [1.29, 1.82) is 0 Å². The van der Waals surface area contributed by atoms with Crippen LogP contribution in [-0.4, -0.2) is 54.3 Å². The zero-order valence-electron chi connectivity index (χ0n) is 17.6. The topological polar surface area (TPSA) is 84.5 Å². The summed E-state index contributed by atoms with van der Waals surface area (Å²) in [5.41, 5.74) is 4.04. The number of hydrogen-bond donors (Lipinski definition) is 1. The number of carbonyl (C=O) groups excluding carboxylic acids is 2. The number of ether oxygens (including phenoxy) is 2. The summed E-state index contributed by atoms with van der Waals surface area (Å²) in [7, 11) is 2.99. The first-order valence-corrected chi connectivity index (χ1v) is 10.2. The number of aromatic nitrogens is 2. The van der Waals surface area contributed by atoms with E-state index in [0.717, 1.165) is 35.4 Å². The van der Waals surface area contributed by atoms with Gasteiger partial charge in [-0.15, -0.1) is 0 Å². The van der Waals surface area contributed by atoms with E-state index in [9.17, 15) is 9.59 Å². The van der Waals surface area contributed by atoms with Crippen LogP contribution in [0.3, 0.4) is 0 Å². The van der Waals surface area contributed by atoms with E-state index in [-0.39, 0.29) is 11.9 Å². The van der Waals surface area contributed by atoms with Crippen molar-refractivity contribution >= 4 is 11.9 Å². The first kappa shape index (κ1) is 20.7. The molecule has 0 bridgehead atoms. The number of hydrogen-bond acceptors (Lipinski definition) is 5. The van der Waals surface area contributed by atoms with Gasteiger partial charge >= 0.3 is 5.97 Å². The number of likely N-dealkylation sites (tertiary alicyclic amines) is 1. The van der Waals surface area contributed by atoms with Gasteiger partial charge in [0, 0.05) is 24.8 Å². The van der Waals surface area contributed by atoms with Crippen LogP contribution in [0.4, 0.5) is 0 Å². The van der Waals surface area contributed by atoms with Crippen molar-refractivity contribution in [3.05, 3.63) is 71.4 Å². The molecule has 0 aliphatic carbocycles. The summed E-state index contributed by atoms with van der Waals surface area (Å²) in [6, 6.07) is 14.8. The molecule has 3 aromatic rings. The van der Waals surface area contributed by atoms with Gasteiger partial charge in [0.05, 0.1) is 25.5 Å². The number of carbonyl (C=O) groups is 2. The molecule has 1 aliphatic heterocycles. The van der Waals surface area contributed by atoms with Crippen molar-refractivity contribution < 1.29 is 19.1 Å². The Morgan fingerprint density at radius 1 is 1.10 bits per heavy atom. The van der Waals surface area contributed by atoms with Crippen LogP contribution in [0.1, 0.15) is 32.7 Å². The average molecular weight is 419 g/mol. The number of nitrogens with zero attached hydrogens (tertiary/aromatic N) is 2. The fourth-order valence-electron chi connectivity index (χ4n) is 4.07. The Morgan fingerprint density at radius 2 is 1.87 bits per heavy atom. The monoisotopic (exact) mass is 419 g/mol. The Bertz CT molecular complexity index is 1060. The molecule has 2 aromatic carbocycles. The maximum Gasteiger partial charge on any atom is 0.337 e. The lowest BCUT2D eigenvalue weighted by molar-refractivity contribution is 0.0600. The lowest BCUT2D eigenvalue weighted by atomic mass is 9.96. The minimum Gasteiger partial charge on any atom is -0.496 e. The summed E-state index contributed by atoms with van der Waals surface area (Å²) < 4.78 is 10.3. The Morgan fingerprint density at radius 3 is 2.55 bits per heavy atom. The van der Waals surface area contributed by atoms with E-state index < -0.39 is 0 Å². The number of benzene rings is 2. The minimum atomic E-state index is -0.370. The lowest BCUT2D eigenvalue weighted by Gasteiger charge is -2.18. The molecular weight excluding hydrogens is 394 g/mol. The molecular formula is C24H25N3O4. The molecule has 160 valence electrons. The Hall–Kier alpha value is -3.61. The van der Waals surface area contributed by atoms with Gasteiger partial charge in [-0.05, 0) is 66.3 Å². The molecule has 1 unspecified atom stereocenters. The molecule has 7 heteroatoms. The van der Waals surface area contributed by atoms with Crippen molar-refractivity contribution in [2.24, 2.45) is 5.92 Å². The van der Waals surface area contributed by atoms with Crippen molar-refractivity contribution in [3.63, 3.8) is 0 Å². The van der Waals surface area contributed by atoms with Crippen molar-refractivity contribution in [2.75, 3.05) is 27.3 Å². The molecule has 0 saturated carbocycles. The number of nitrogens with one attached hydrogen (secondary N) is 1. The Balaban J connectivity index is 1.42. The van der Waals surface area contributed by atoms with E-state index in [2.05, 4.69) is 10.2 Å². The molecule has 7 nitrogen and oxygen atoms in total. The van der Waals surface area contributed by atoms with Gasteiger partial charge in [-0.3, -0.25) is 9.89 Å². The van der Waals surface area contributed by atoms with Gasteiger partial charge < -0.3 is 14.4 Å². The lowest BCUT2D eigenvalue weighted by Crippen LogP contribution is -2.28. The fourth-order valence-corrected chi connectivity index (χ4v) is 4.07. The standard InChI is InChI=1S/C24H25N3O4/c1-30-22-8-7-19(24(29)31-2)14-20(22)13-16-10-12-27(15-16)23(28)18-5-3-17(4-6-18)21-9-11-25-26-21/h3-9,11,14,16H,10,12-13,15H2,1-2H3,(H,25,26). The van der Waals surface area contributed by atoms with Crippen LogP contribution in [0, 0.1) is 5.92 Å². The number of aromatic amines is 1. The van der Waals surface area contributed by atoms with Gasteiger partial charge in [-0.25, -0.2) is 4.79 Å². The van der Waals surface area contributed by atoms with Crippen molar-refractivity contribution in [3.8, 4) is 17.0 Å². The SMILES string of the molecule is COC(=O)c1ccc(OC)c(CC2CCN(C(=O)c3ccc(-c4ccn[nH]4)cc3)C2)c1. The van der Waals surface area contributed by atoms with Crippen LogP contribution < -0.4 is 4.74 Å². The smallest absolute Gasteiger partial charge is 0.337 e. The number of esters is 1. The third-order valence-electron chi connectivity index (χ3n) is 5.73. The second-order valence-electron chi connectivity index (χ2n) is 7.68. The van der Waals surface area contributed by atoms with Gasteiger partial charge in [-0.2, -0.15) is 5.10 Å². The van der Waals surface area contributed by atoms with E-state index in [1.165, 1.54) is 7.11 Å². The van der Waals surface area contributed by atoms with E-state index in [1.807, 2.05) is 41.3 Å². The molecule has 2 heterocycles. The highest BCUT2D eigenvalue weighted by Crippen LogP contribution is 2.28. The van der Waals surface area contributed by atoms with Crippen molar-refractivity contribution in [1.82, 2.24) is 15.1 Å². The zero-order chi connectivity index (χ0) is 21.8. The number of amides is 1. The maximum absolute atomic E-state index is 13.0. The van der Waals surface area contributed by atoms with Crippen LogP contribution in [0.5, 0.6) is 5.75 Å². The van der Waals surface area contributed by atoms with Gasteiger partial charge in [0.15, 0.2) is 0 Å². The van der Waals surface area contributed by atoms with E-state index in [1.54, 1.807) is 25.4 Å². The first-order chi connectivity index (χ1) is 15.1. The highest BCUT2D eigenvalue weighted by Gasteiger charge is 2.28. The highest BCUT2D eigenvalue weighted by molar-refractivity contribution is 5.95. The van der Waals surface area contributed by atoms with Crippen LogP contribution in [-0.2, 0) is 11.2 Å². The second-order valence-corrected chi connectivity index (χ2v) is 7.68. The normalized spacial score (nSPS) is 15.7. The van der Waals surface area contributed by atoms with Crippen LogP contribution >= 0.6 is 0 Å². The van der Waals surface area contributed by atoms with Crippen LogP contribution in [0.2, 0.25) is 0 Å². The summed E-state index contributed by atoms with van der Waals surface area (Å²) in [6.45, 7) is 1.39. The van der Waals surface area contributed by atoms with Gasteiger partial charge in [-0.1, -0.05) is 12.1 Å². The molecule has 1 aliphatic rings. The Kier molecular flexibility index (Phi) is 6.02. The second kappa shape index (κ2) is 9.04. The predicted molar refractivity (Wildman–Crippen MR) is 116 cm³/mol. The van der Waals surface area contributed by atoms with Gasteiger partial charge in [0.1, 0.15) is 5.75 Å². The highest BCUT2D eigenvalue weighted by atomic mass is 16.5.